The van der Waals surface area contributed by atoms with E-state index in [1.54, 1.807) is 0 Å². The Morgan fingerprint density at radius 3 is 2.30 bits per heavy atom. The Kier molecular flexibility index (Phi) is 6.28. The van der Waals surface area contributed by atoms with Crippen molar-refractivity contribution in [2.24, 2.45) is 40.9 Å². The monoisotopic (exact) mass is 480 g/mol. The van der Waals surface area contributed by atoms with Crippen LogP contribution in [-0.2, 0) is 14.8 Å². The minimum Gasteiger partial charge on any atom is -0.390 e. The maximum absolute atomic E-state index is 13.5. The molecule has 4 aliphatic carbocycles. The van der Waals surface area contributed by atoms with Gasteiger partial charge in [0.25, 0.3) is 0 Å². The van der Waals surface area contributed by atoms with Crippen molar-refractivity contribution < 1.29 is 18.3 Å². The highest BCUT2D eigenvalue weighted by Gasteiger charge is 2.58. The van der Waals surface area contributed by atoms with E-state index in [0.717, 1.165) is 37.0 Å². The lowest BCUT2D eigenvalue weighted by Crippen LogP contribution is -2.52. The average molecular weight is 481 g/mol. The summed E-state index contributed by atoms with van der Waals surface area (Å²) in [7, 11) is -3.14. The van der Waals surface area contributed by atoms with Gasteiger partial charge >= 0.3 is 0 Å². The summed E-state index contributed by atoms with van der Waals surface area (Å²) in [6.07, 6.45) is 11.6. The quantitative estimate of drug-likeness (QED) is 0.669. The topological polar surface area (TPSA) is 77.9 Å². The number of hydrogen-bond donors (Lipinski definition) is 1. The Bertz CT molecular complexity index is 866. The van der Waals surface area contributed by atoms with Crippen LogP contribution in [0.15, 0.2) is 0 Å². The molecule has 8 atom stereocenters. The summed E-state index contributed by atoms with van der Waals surface area (Å²) in [5.41, 5.74) is -0.325. The normalized spacial score (nSPS) is 46.9. The van der Waals surface area contributed by atoms with E-state index in [1.165, 1.54) is 49.1 Å². The fourth-order valence-corrected chi connectivity index (χ4v) is 9.99. The zero-order valence-corrected chi connectivity index (χ0v) is 21.7. The summed E-state index contributed by atoms with van der Waals surface area (Å²) in [5, 5.41) is 10.6. The van der Waals surface area contributed by atoms with E-state index in [-0.39, 0.29) is 11.3 Å². The predicted octanol–water partition coefficient (Wildman–Crippen LogP) is 3.15. The van der Waals surface area contributed by atoms with Crippen molar-refractivity contribution in [3.63, 3.8) is 0 Å². The van der Waals surface area contributed by atoms with Crippen LogP contribution in [-0.4, -0.2) is 73.1 Å². The highest BCUT2D eigenvalue weighted by molar-refractivity contribution is 7.88. The summed E-state index contributed by atoms with van der Waals surface area (Å²) in [6, 6.07) is 0. The second-order valence-electron chi connectivity index (χ2n) is 12.8. The van der Waals surface area contributed by atoms with E-state index in [1.807, 2.05) is 6.92 Å². The number of carbonyl (C=O) groups excluding carboxylic acids is 1. The number of hydrogen-bond acceptors (Lipinski definition) is 5. The maximum Gasteiger partial charge on any atom is 0.211 e. The molecule has 5 rings (SSSR count). The molecule has 6 nitrogen and oxygen atoms in total. The van der Waals surface area contributed by atoms with Gasteiger partial charge in [-0.25, -0.2) is 8.42 Å². The van der Waals surface area contributed by atoms with Gasteiger partial charge in [0.2, 0.25) is 10.0 Å². The second-order valence-corrected chi connectivity index (χ2v) is 14.7. The van der Waals surface area contributed by atoms with Crippen molar-refractivity contribution in [3.05, 3.63) is 0 Å². The van der Waals surface area contributed by atoms with E-state index < -0.39 is 15.6 Å². The molecule has 7 heteroatoms. The first-order valence-electron chi connectivity index (χ1n) is 13.4. The van der Waals surface area contributed by atoms with Gasteiger partial charge in [-0.3, -0.25) is 9.69 Å². The number of carbonyl (C=O) groups is 1. The number of nitrogens with zero attached hydrogens (tertiary/aromatic N) is 2. The third-order valence-electron chi connectivity index (χ3n) is 10.8. The molecule has 0 aromatic rings. The SMILES string of the molecule is CC1(O)CCC2C(CCC3C2CCC2(C)C(C(=O)CN4CCN(S(C)(=O)=O)CC4)CCC32)C1. The molecule has 8 unspecified atom stereocenters. The molecular formula is C26H44N2O4S. The molecular weight excluding hydrogens is 436 g/mol. The molecule has 5 aliphatic rings. The van der Waals surface area contributed by atoms with Crippen molar-refractivity contribution in [3.8, 4) is 0 Å². The van der Waals surface area contributed by atoms with Gasteiger partial charge in [-0.15, -0.1) is 0 Å². The van der Waals surface area contributed by atoms with E-state index in [4.69, 9.17) is 0 Å². The lowest BCUT2D eigenvalue weighted by atomic mass is 9.49. The van der Waals surface area contributed by atoms with Gasteiger partial charge in [-0.1, -0.05) is 6.92 Å². The van der Waals surface area contributed by atoms with Crippen LogP contribution < -0.4 is 0 Å². The Hall–Kier alpha value is -0.500. The van der Waals surface area contributed by atoms with E-state index in [2.05, 4.69) is 11.8 Å². The van der Waals surface area contributed by atoms with Crippen LogP contribution in [0.3, 0.4) is 0 Å². The van der Waals surface area contributed by atoms with Gasteiger partial charge in [0.15, 0.2) is 0 Å². The number of piperazine rings is 1. The average Bonchev–Trinajstić information content (AvgIpc) is 3.10. The molecule has 0 aromatic heterocycles. The van der Waals surface area contributed by atoms with Gasteiger partial charge in [-0.05, 0) is 99.7 Å². The van der Waals surface area contributed by atoms with Crippen molar-refractivity contribution in [1.82, 2.24) is 9.21 Å². The summed E-state index contributed by atoms with van der Waals surface area (Å²) >= 11 is 0. The van der Waals surface area contributed by atoms with Gasteiger partial charge in [0.05, 0.1) is 18.4 Å². The third-order valence-corrected chi connectivity index (χ3v) is 12.1. The van der Waals surface area contributed by atoms with Crippen LogP contribution in [0.2, 0.25) is 0 Å². The first kappa shape index (κ1) is 24.2. The highest BCUT2D eigenvalue weighted by atomic mass is 32.2. The van der Waals surface area contributed by atoms with Crippen LogP contribution in [0.25, 0.3) is 0 Å². The third kappa shape index (κ3) is 4.45. The van der Waals surface area contributed by atoms with E-state index in [0.29, 0.717) is 50.3 Å². The molecule has 1 aliphatic heterocycles. The molecule has 1 heterocycles. The Labute approximate surface area is 200 Å². The smallest absolute Gasteiger partial charge is 0.211 e. The predicted molar refractivity (Wildman–Crippen MR) is 129 cm³/mol. The van der Waals surface area contributed by atoms with Crippen LogP contribution in [0.1, 0.15) is 71.6 Å². The van der Waals surface area contributed by atoms with Crippen LogP contribution in [0.4, 0.5) is 0 Å². The van der Waals surface area contributed by atoms with Crippen LogP contribution in [0, 0.1) is 40.9 Å². The Morgan fingerprint density at radius 1 is 0.909 bits per heavy atom. The molecule has 0 amide bonds. The molecule has 0 bridgehead atoms. The second kappa shape index (κ2) is 8.56. The van der Waals surface area contributed by atoms with Gasteiger partial charge in [0.1, 0.15) is 5.78 Å². The van der Waals surface area contributed by atoms with Crippen LogP contribution >= 0.6 is 0 Å². The van der Waals surface area contributed by atoms with Crippen molar-refractivity contribution >= 4 is 15.8 Å². The minimum atomic E-state index is -3.14. The van der Waals surface area contributed by atoms with Gasteiger partial charge in [0, 0.05) is 32.1 Å². The maximum atomic E-state index is 13.5. The number of aliphatic hydroxyl groups is 1. The number of ketones is 1. The lowest BCUT2D eigenvalue weighted by molar-refractivity contribution is -0.133. The molecule has 0 aromatic carbocycles. The first-order chi connectivity index (χ1) is 15.5. The van der Waals surface area contributed by atoms with Crippen molar-refractivity contribution in [2.45, 2.75) is 77.2 Å². The molecule has 0 spiro atoms. The van der Waals surface area contributed by atoms with Crippen LogP contribution in [0.5, 0.6) is 0 Å². The Balaban J connectivity index is 1.22. The number of rotatable bonds is 4. The molecule has 1 N–H and O–H groups in total. The molecule has 1 saturated heterocycles. The van der Waals surface area contributed by atoms with E-state index >= 15 is 0 Å². The van der Waals surface area contributed by atoms with Gasteiger partial charge in [-0.2, -0.15) is 4.31 Å². The number of sulfonamides is 1. The molecule has 0 radical (unpaired) electrons. The number of fused-ring (bicyclic) bond motifs is 5. The van der Waals surface area contributed by atoms with Gasteiger partial charge < -0.3 is 5.11 Å². The summed E-state index contributed by atoms with van der Waals surface area (Å²) in [4.78, 5) is 15.7. The van der Waals surface area contributed by atoms with Crippen molar-refractivity contribution in [1.29, 1.82) is 0 Å². The molecule has 4 saturated carbocycles. The minimum absolute atomic E-state index is 0.139. The fraction of sp³-hybridized carbons (Fsp3) is 0.962. The largest absolute Gasteiger partial charge is 0.390 e. The lowest BCUT2D eigenvalue weighted by Gasteiger charge is -2.57. The molecule has 33 heavy (non-hydrogen) atoms. The fourth-order valence-electron chi connectivity index (χ4n) is 9.16. The summed E-state index contributed by atoms with van der Waals surface area (Å²) in [6.45, 7) is 7.24. The highest BCUT2D eigenvalue weighted by Crippen LogP contribution is 2.64. The number of Topliss-reactive ketones (excluding diaryl/α,β-unsaturated/α-hetero) is 1. The molecule has 188 valence electrons. The van der Waals surface area contributed by atoms with E-state index in [9.17, 15) is 18.3 Å². The zero-order valence-electron chi connectivity index (χ0n) is 20.8. The molecule has 5 fully saturated rings. The van der Waals surface area contributed by atoms with Crippen molar-refractivity contribution in [2.75, 3.05) is 39.0 Å². The summed E-state index contributed by atoms with van der Waals surface area (Å²) in [5.74, 6) is 4.30. The standard InChI is InChI=1S/C26H44N2O4S/c1-25(30)10-8-19-18(16-25)4-5-21-20(19)9-11-26(2)22(21)6-7-23(26)24(29)17-27-12-14-28(15-13-27)33(3,31)32/h18-23,30H,4-17H2,1-3H3. The first-order valence-corrected chi connectivity index (χ1v) is 15.3. The zero-order chi connectivity index (χ0) is 23.6. The summed E-state index contributed by atoms with van der Waals surface area (Å²) < 4.78 is 25.1. The Morgan fingerprint density at radius 2 is 1.61 bits per heavy atom.